The van der Waals surface area contributed by atoms with Gasteiger partial charge in [-0.05, 0) is 22.9 Å². The number of carbonyl (C=O) groups is 2. The molecule has 1 saturated heterocycles. The SMILES string of the molecule is CC(C)C(C(=O)N1CCN(C(=O)Cc2cccs2)CC1)c1ccccc1. The molecule has 138 valence electrons. The maximum Gasteiger partial charge on any atom is 0.230 e. The third-order valence-corrected chi connectivity index (χ3v) is 5.82. The Kier molecular flexibility index (Phi) is 6.09. The van der Waals surface area contributed by atoms with Gasteiger partial charge in [-0.1, -0.05) is 50.2 Å². The zero-order chi connectivity index (χ0) is 18.5. The zero-order valence-electron chi connectivity index (χ0n) is 15.4. The molecule has 1 aliphatic rings. The normalized spacial score (nSPS) is 16.0. The van der Waals surface area contributed by atoms with Gasteiger partial charge < -0.3 is 9.80 Å². The second-order valence-electron chi connectivity index (χ2n) is 7.09. The van der Waals surface area contributed by atoms with Crippen molar-refractivity contribution in [2.75, 3.05) is 26.2 Å². The van der Waals surface area contributed by atoms with Gasteiger partial charge in [-0.15, -0.1) is 11.3 Å². The lowest BCUT2D eigenvalue weighted by atomic mass is 9.87. The molecule has 0 bridgehead atoms. The minimum atomic E-state index is -0.121. The fourth-order valence-corrected chi connectivity index (χ4v) is 4.22. The largest absolute Gasteiger partial charge is 0.339 e. The van der Waals surface area contributed by atoms with Crippen molar-refractivity contribution in [2.24, 2.45) is 5.92 Å². The maximum absolute atomic E-state index is 13.1. The predicted molar refractivity (Wildman–Crippen MR) is 105 cm³/mol. The van der Waals surface area contributed by atoms with Crippen molar-refractivity contribution in [1.29, 1.82) is 0 Å². The van der Waals surface area contributed by atoms with Crippen molar-refractivity contribution < 1.29 is 9.59 Å². The Bertz CT molecular complexity index is 720. The van der Waals surface area contributed by atoms with E-state index in [1.165, 1.54) is 0 Å². The summed E-state index contributed by atoms with van der Waals surface area (Å²) in [6.45, 7) is 6.66. The molecule has 0 radical (unpaired) electrons. The smallest absolute Gasteiger partial charge is 0.230 e. The van der Waals surface area contributed by atoms with Gasteiger partial charge in [0.25, 0.3) is 0 Å². The Balaban J connectivity index is 1.59. The van der Waals surface area contributed by atoms with Gasteiger partial charge in [-0.2, -0.15) is 0 Å². The molecule has 0 spiro atoms. The summed E-state index contributed by atoms with van der Waals surface area (Å²) in [5, 5.41) is 1.99. The molecule has 26 heavy (non-hydrogen) atoms. The van der Waals surface area contributed by atoms with Gasteiger partial charge in [-0.3, -0.25) is 9.59 Å². The third-order valence-electron chi connectivity index (χ3n) is 4.94. The molecule has 1 fully saturated rings. The van der Waals surface area contributed by atoms with Crippen molar-refractivity contribution in [3.63, 3.8) is 0 Å². The first-order valence-electron chi connectivity index (χ1n) is 9.20. The van der Waals surface area contributed by atoms with Crippen molar-refractivity contribution in [3.05, 3.63) is 58.3 Å². The summed E-state index contributed by atoms with van der Waals surface area (Å²) in [6.07, 6.45) is 0.463. The van der Waals surface area contributed by atoms with E-state index >= 15 is 0 Å². The van der Waals surface area contributed by atoms with Crippen LogP contribution < -0.4 is 0 Å². The van der Waals surface area contributed by atoms with E-state index in [1.807, 2.05) is 57.6 Å². The van der Waals surface area contributed by atoms with Crippen molar-refractivity contribution in [1.82, 2.24) is 9.80 Å². The molecule has 1 aliphatic heterocycles. The minimum absolute atomic E-state index is 0.121. The minimum Gasteiger partial charge on any atom is -0.339 e. The molecular formula is C21H26N2O2S. The Morgan fingerprint density at radius 2 is 1.62 bits per heavy atom. The molecule has 1 atom stereocenters. The molecule has 2 aromatic rings. The fraction of sp³-hybridized carbons (Fsp3) is 0.429. The number of hydrogen-bond acceptors (Lipinski definition) is 3. The highest BCUT2D eigenvalue weighted by Gasteiger charge is 2.31. The first kappa shape index (κ1) is 18.6. The Labute approximate surface area is 159 Å². The molecular weight excluding hydrogens is 344 g/mol. The van der Waals surface area contributed by atoms with Crippen LogP contribution in [0.1, 0.15) is 30.2 Å². The van der Waals surface area contributed by atoms with Gasteiger partial charge in [0.1, 0.15) is 0 Å². The highest BCUT2D eigenvalue weighted by atomic mass is 32.1. The van der Waals surface area contributed by atoms with Crippen molar-refractivity contribution >= 4 is 23.2 Å². The van der Waals surface area contributed by atoms with Gasteiger partial charge in [0.2, 0.25) is 11.8 Å². The summed E-state index contributed by atoms with van der Waals surface area (Å²) in [5.74, 6) is 0.451. The Hall–Kier alpha value is -2.14. The first-order valence-corrected chi connectivity index (χ1v) is 10.1. The zero-order valence-corrected chi connectivity index (χ0v) is 16.2. The van der Waals surface area contributed by atoms with Crippen LogP contribution in [-0.4, -0.2) is 47.8 Å². The number of rotatable bonds is 5. The molecule has 2 amide bonds. The van der Waals surface area contributed by atoms with E-state index in [9.17, 15) is 9.59 Å². The summed E-state index contributed by atoms with van der Waals surface area (Å²) < 4.78 is 0. The summed E-state index contributed by atoms with van der Waals surface area (Å²) in [6, 6.07) is 14.0. The highest BCUT2D eigenvalue weighted by molar-refractivity contribution is 7.10. The summed E-state index contributed by atoms with van der Waals surface area (Å²) in [7, 11) is 0. The lowest BCUT2D eigenvalue weighted by Gasteiger charge is -2.37. The van der Waals surface area contributed by atoms with E-state index < -0.39 is 0 Å². The molecule has 0 saturated carbocycles. The van der Waals surface area contributed by atoms with Gasteiger partial charge in [-0.25, -0.2) is 0 Å². The molecule has 1 unspecified atom stereocenters. The predicted octanol–water partition coefficient (Wildman–Crippen LogP) is 3.40. The van der Waals surface area contributed by atoms with Gasteiger partial charge in [0.05, 0.1) is 12.3 Å². The second kappa shape index (κ2) is 8.49. The number of nitrogens with zero attached hydrogens (tertiary/aromatic N) is 2. The number of piperazine rings is 1. The number of benzene rings is 1. The molecule has 1 aromatic heterocycles. The number of hydrogen-bond donors (Lipinski definition) is 0. The maximum atomic E-state index is 13.1. The van der Waals surface area contributed by atoms with E-state index in [-0.39, 0.29) is 23.7 Å². The van der Waals surface area contributed by atoms with Crippen LogP contribution in [0.15, 0.2) is 47.8 Å². The van der Waals surface area contributed by atoms with Gasteiger partial charge >= 0.3 is 0 Å². The summed E-state index contributed by atoms with van der Waals surface area (Å²) >= 11 is 1.61. The summed E-state index contributed by atoms with van der Waals surface area (Å²) in [5.41, 5.74) is 1.07. The van der Waals surface area contributed by atoms with E-state index in [0.29, 0.717) is 32.6 Å². The molecule has 0 N–H and O–H groups in total. The molecule has 4 nitrogen and oxygen atoms in total. The van der Waals surface area contributed by atoms with E-state index in [4.69, 9.17) is 0 Å². The highest BCUT2D eigenvalue weighted by Crippen LogP contribution is 2.27. The van der Waals surface area contributed by atoms with E-state index in [0.717, 1.165) is 10.4 Å². The number of thiophene rings is 1. The van der Waals surface area contributed by atoms with Crippen LogP contribution >= 0.6 is 11.3 Å². The quantitative estimate of drug-likeness (QED) is 0.809. The lowest BCUT2D eigenvalue weighted by Crippen LogP contribution is -2.52. The monoisotopic (exact) mass is 370 g/mol. The molecule has 5 heteroatoms. The van der Waals surface area contributed by atoms with Crippen LogP contribution in [0.5, 0.6) is 0 Å². The van der Waals surface area contributed by atoms with Crippen LogP contribution in [-0.2, 0) is 16.0 Å². The average Bonchev–Trinajstić information content (AvgIpc) is 3.15. The van der Waals surface area contributed by atoms with Gasteiger partial charge in [0.15, 0.2) is 0 Å². The van der Waals surface area contributed by atoms with Crippen LogP contribution in [0.3, 0.4) is 0 Å². The average molecular weight is 371 g/mol. The van der Waals surface area contributed by atoms with Crippen LogP contribution in [0.2, 0.25) is 0 Å². The van der Waals surface area contributed by atoms with E-state index in [2.05, 4.69) is 13.8 Å². The second-order valence-corrected chi connectivity index (χ2v) is 8.13. The van der Waals surface area contributed by atoms with Crippen molar-refractivity contribution in [2.45, 2.75) is 26.2 Å². The topological polar surface area (TPSA) is 40.6 Å². The Morgan fingerprint density at radius 3 is 2.19 bits per heavy atom. The van der Waals surface area contributed by atoms with Crippen LogP contribution in [0.4, 0.5) is 0 Å². The molecule has 0 aliphatic carbocycles. The standard InChI is InChI=1S/C21H26N2O2S/c1-16(2)20(17-7-4-3-5-8-17)21(25)23-12-10-22(11-13-23)19(24)15-18-9-6-14-26-18/h3-9,14,16,20H,10-13,15H2,1-2H3. The molecule has 2 heterocycles. The van der Waals surface area contributed by atoms with Crippen molar-refractivity contribution in [3.8, 4) is 0 Å². The fourth-order valence-electron chi connectivity index (χ4n) is 3.52. The van der Waals surface area contributed by atoms with Crippen LogP contribution in [0.25, 0.3) is 0 Å². The number of amides is 2. The molecule has 3 rings (SSSR count). The Morgan fingerprint density at radius 1 is 0.962 bits per heavy atom. The lowest BCUT2D eigenvalue weighted by molar-refractivity contribution is -0.140. The first-order chi connectivity index (χ1) is 12.6. The van der Waals surface area contributed by atoms with E-state index in [1.54, 1.807) is 11.3 Å². The number of carbonyl (C=O) groups excluding carboxylic acids is 2. The van der Waals surface area contributed by atoms with Crippen LogP contribution in [0, 0.1) is 5.92 Å². The summed E-state index contributed by atoms with van der Waals surface area (Å²) in [4.78, 5) is 30.4. The van der Waals surface area contributed by atoms with Gasteiger partial charge in [0, 0.05) is 31.1 Å². The molecule has 1 aromatic carbocycles. The third kappa shape index (κ3) is 4.33.